The fourth-order valence-electron chi connectivity index (χ4n) is 7.72. The minimum Gasteiger partial charge on any atom is -0.456 e. The van der Waals surface area contributed by atoms with Gasteiger partial charge in [0.2, 0.25) is 0 Å². The van der Waals surface area contributed by atoms with E-state index in [0.717, 1.165) is 72.0 Å². The Morgan fingerprint density at radius 2 is 1.22 bits per heavy atom. The first-order valence-electron chi connectivity index (χ1n) is 17.2. The van der Waals surface area contributed by atoms with Gasteiger partial charge in [0.05, 0.1) is 5.56 Å². The minimum atomic E-state index is -0.329. The third-order valence-corrected chi connectivity index (χ3v) is 11.4. The van der Waals surface area contributed by atoms with Gasteiger partial charge in [0.25, 0.3) is 0 Å². The molecule has 0 bridgehead atoms. The van der Waals surface area contributed by atoms with E-state index in [4.69, 9.17) is 13.8 Å². The molecular formula is C45H29N3O2S. The van der Waals surface area contributed by atoms with Crippen molar-refractivity contribution in [2.24, 2.45) is 4.99 Å². The molecule has 1 aliphatic rings. The summed E-state index contributed by atoms with van der Waals surface area (Å²) in [4.78, 5) is 5.27. The average molecular weight is 676 g/mol. The van der Waals surface area contributed by atoms with E-state index >= 15 is 0 Å². The maximum absolute atomic E-state index is 6.63. The van der Waals surface area contributed by atoms with Crippen molar-refractivity contribution in [3.63, 3.8) is 0 Å². The summed E-state index contributed by atoms with van der Waals surface area (Å²) in [5.74, 6) is 0.780. The Balaban J connectivity index is 1.02. The van der Waals surface area contributed by atoms with Gasteiger partial charge in [-0.15, -0.1) is 11.3 Å². The molecular weight excluding hydrogens is 647 g/mol. The van der Waals surface area contributed by atoms with Crippen LogP contribution in [-0.4, -0.2) is 5.84 Å². The van der Waals surface area contributed by atoms with Crippen molar-refractivity contribution in [2.45, 2.75) is 12.3 Å². The standard InChI is InChI=1S/C45H29N3O2S/c1-2-10-26(11-3-1)43-46-44(48-45(47-43)36-17-9-15-34-30-12-4-6-18-37(30)50-41(34)36)28-21-23-32-31-22-20-27(24-38(31)49-39(32)25-28)29-14-8-16-35-33-13-5-7-19-40(33)51-42(29)35/h1-25,43-44,46H,(H,47,48). The van der Waals surface area contributed by atoms with Gasteiger partial charge >= 0.3 is 0 Å². The first-order valence-corrected chi connectivity index (χ1v) is 18.0. The van der Waals surface area contributed by atoms with Crippen molar-refractivity contribution >= 4 is 81.2 Å². The number of amidine groups is 1. The summed E-state index contributed by atoms with van der Waals surface area (Å²) in [7, 11) is 0. The van der Waals surface area contributed by atoms with Crippen molar-refractivity contribution < 1.29 is 8.83 Å². The second-order valence-corrected chi connectivity index (χ2v) is 14.2. The third-order valence-electron chi connectivity index (χ3n) is 10.2. The lowest BCUT2D eigenvalue weighted by Gasteiger charge is -2.32. The smallest absolute Gasteiger partial charge is 0.146 e. The Labute approximate surface area is 296 Å². The molecule has 0 saturated heterocycles. The molecule has 51 heavy (non-hydrogen) atoms. The molecule has 6 heteroatoms. The molecule has 0 spiro atoms. The lowest BCUT2D eigenvalue weighted by Crippen LogP contribution is -2.45. The van der Waals surface area contributed by atoms with Gasteiger partial charge in [0.15, 0.2) is 0 Å². The molecule has 2 atom stereocenters. The quantitative estimate of drug-likeness (QED) is 0.195. The molecule has 0 saturated carbocycles. The molecule has 0 radical (unpaired) electrons. The van der Waals surface area contributed by atoms with E-state index < -0.39 is 0 Å². The van der Waals surface area contributed by atoms with Crippen molar-refractivity contribution in [3.8, 4) is 11.1 Å². The van der Waals surface area contributed by atoms with E-state index in [1.165, 1.54) is 25.7 Å². The van der Waals surface area contributed by atoms with Crippen LogP contribution in [0.1, 0.15) is 29.0 Å². The predicted octanol–water partition coefficient (Wildman–Crippen LogP) is 11.9. The van der Waals surface area contributed by atoms with Crippen LogP contribution < -0.4 is 10.6 Å². The summed E-state index contributed by atoms with van der Waals surface area (Å²) in [6.45, 7) is 0. The third kappa shape index (κ3) is 4.54. The van der Waals surface area contributed by atoms with Gasteiger partial charge in [-0.25, -0.2) is 4.99 Å². The molecule has 11 rings (SSSR count). The molecule has 0 aliphatic carbocycles. The summed E-state index contributed by atoms with van der Waals surface area (Å²) in [6.07, 6.45) is -0.501. The van der Waals surface area contributed by atoms with Crippen LogP contribution in [0.2, 0.25) is 0 Å². The molecule has 0 amide bonds. The fourth-order valence-corrected chi connectivity index (χ4v) is 8.96. The highest BCUT2D eigenvalue weighted by Crippen LogP contribution is 2.42. The monoisotopic (exact) mass is 675 g/mol. The second kappa shape index (κ2) is 11.2. The van der Waals surface area contributed by atoms with Gasteiger partial charge in [0.1, 0.15) is 40.5 Å². The summed E-state index contributed by atoms with van der Waals surface area (Å²) in [6, 6.07) is 53.2. The van der Waals surface area contributed by atoms with Crippen LogP contribution in [0.15, 0.2) is 165 Å². The summed E-state index contributed by atoms with van der Waals surface area (Å²) in [5.41, 5.74) is 8.86. The largest absolute Gasteiger partial charge is 0.456 e. The number of nitrogens with zero attached hydrogens (tertiary/aromatic N) is 1. The van der Waals surface area contributed by atoms with Gasteiger partial charge in [-0.2, -0.15) is 0 Å². The molecule has 7 aromatic carbocycles. The van der Waals surface area contributed by atoms with Gasteiger partial charge < -0.3 is 14.2 Å². The Morgan fingerprint density at radius 1 is 0.510 bits per heavy atom. The molecule has 0 fully saturated rings. The maximum Gasteiger partial charge on any atom is 0.146 e. The predicted molar refractivity (Wildman–Crippen MR) is 210 cm³/mol. The Morgan fingerprint density at radius 3 is 2.12 bits per heavy atom. The summed E-state index contributed by atoms with van der Waals surface area (Å²) < 4.78 is 15.7. The number of rotatable bonds is 4. The number of hydrogen-bond acceptors (Lipinski definition) is 6. The highest BCUT2D eigenvalue weighted by Gasteiger charge is 2.28. The minimum absolute atomic E-state index is 0.172. The molecule has 4 heterocycles. The number of benzene rings is 7. The van der Waals surface area contributed by atoms with Crippen molar-refractivity contribution in [1.29, 1.82) is 0 Å². The highest BCUT2D eigenvalue weighted by molar-refractivity contribution is 7.26. The fraction of sp³-hybridized carbons (Fsp3) is 0.0444. The Bertz CT molecular complexity index is 3010. The number of hydrogen-bond donors (Lipinski definition) is 2. The molecule has 3 aromatic heterocycles. The number of para-hydroxylation sites is 2. The van der Waals surface area contributed by atoms with Crippen molar-refractivity contribution in [1.82, 2.24) is 10.6 Å². The molecule has 5 nitrogen and oxygen atoms in total. The first-order chi connectivity index (χ1) is 25.2. The summed E-state index contributed by atoms with van der Waals surface area (Å²) in [5, 5.41) is 14.4. The molecule has 10 aromatic rings. The zero-order chi connectivity index (χ0) is 33.5. The zero-order valence-corrected chi connectivity index (χ0v) is 28.1. The number of aliphatic imine (C=N–C) groups is 1. The van der Waals surface area contributed by atoms with E-state index in [1.807, 2.05) is 35.6 Å². The maximum atomic E-state index is 6.63. The van der Waals surface area contributed by atoms with Crippen molar-refractivity contribution in [3.05, 3.63) is 168 Å². The topological polar surface area (TPSA) is 62.7 Å². The first kappa shape index (κ1) is 28.6. The van der Waals surface area contributed by atoms with E-state index in [2.05, 4.69) is 138 Å². The zero-order valence-electron chi connectivity index (χ0n) is 27.3. The van der Waals surface area contributed by atoms with E-state index in [1.54, 1.807) is 0 Å². The highest BCUT2D eigenvalue weighted by atomic mass is 32.1. The number of furan rings is 2. The van der Waals surface area contributed by atoms with Gasteiger partial charge in [-0.1, -0.05) is 115 Å². The number of fused-ring (bicyclic) bond motifs is 9. The van der Waals surface area contributed by atoms with Crippen LogP contribution in [0.3, 0.4) is 0 Å². The van der Waals surface area contributed by atoms with Crippen LogP contribution >= 0.6 is 11.3 Å². The van der Waals surface area contributed by atoms with Crippen molar-refractivity contribution in [2.75, 3.05) is 0 Å². The normalized spacial score (nSPS) is 16.4. The Hall–Kier alpha value is -6.21. The molecule has 2 unspecified atom stereocenters. The van der Waals surface area contributed by atoms with E-state index in [-0.39, 0.29) is 12.3 Å². The van der Waals surface area contributed by atoms with Gasteiger partial charge in [-0.3, -0.25) is 5.32 Å². The number of nitrogens with one attached hydrogen (secondary N) is 2. The molecule has 1 aliphatic heterocycles. The summed E-state index contributed by atoms with van der Waals surface area (Å²) >= 11 is 1.85. The average Bonchev–Trinajstić information content (AvgIpc) is 3.88. The van der Waals surface area contributed by atoms with E-state index in [9.17, 15) is 0 Å². The Kier molecular flexibility index (Phi) is 6.26. The molecule has 2 N–H and O–H groups in total. The second-order valence-electron chi connectivity index (χ2n) is 13.2. The SMILES string of the molecule is c1ccc(C2NC(c3cccc4c3oc3ccccc34)=NC(c3ccc4c(c3)oc3cc(-c5cccc6c5sc5ccccc56)ccc34)N2)cc1. The molecule has 242 valence electrons. The van der Waals surface area contributed by atoms with Crippen LogP contribution in [0, 0.1) is 0 Å². The van der Waals surface area contributed by atoms with Gasteiger partial charge in [0, 0.05) is 41.7 Å². The lowest BCUT2D eigenvalue weighted by atomic mass is 10.0. The van der Waals surface area contributed by atoms with Crippen LogP contribution in [0.4, 0.5) is 0 Å². The van der Waals surface area contributed by atoms with E-state index in [0.29, 0.717) is 0 Å². The number of thiophene rings is 1. The van der Waals surface area contributed by atoms with Crippen LogP contribution in [0.5, 0.6) is 0 Å². The van der Waals surface area contributed by atoms with Gasteiger partial charge in [-0.05, 0) is 58.7 Å². The van der Waals surface area contributed by atoms with Crippen LogP contribution in [0.25, 0.3) is 75.2 Å². The van der Waals surface area contributed by atoms with Crippen LogP contribution in [-0.2, 0) is 0 Å². The lowest BCUT2D eigenvalue weighted by molar-refractivity contribution is 0.409.